The zero-order valence-corrected chi connectivity index (χ0v) is 18.9. The fraction of sp³-hybridized carbons (Fsp3) is 0.286. The van der Waals surface area contributed by atoms with Crippen LogP contribution in [-0.2, 0) is 9.59 Å². The molecule has 0 spiro atoms. The number of nitrogen functional groups attached to an aromatic ring is 1. The summed E-state index contributed by atoms with van der Waals surface area (Å²) in [5.74, 6) is -0.996. The maximum Gasteiger partial charge on any atom is 0.251 e. The van der Waals surface area contributed by atoms with E-state index in [0.29, 0.717) is 16.8 Å². The molecule has 0 bridgehead atoms. The highest BCUT2D eigenvalue weighted by atomic mass is 16.2. The van der Waals surface area contributed by atoms with Crippen LogP contribution >= 0.6 is 0 Å². The summed E-state index contributed by atoms with van der Waals surface area (Å²) in [4.78, 5) is 32.0. The van der Waals surface area contributed by atoms with Crippen molar-refractivity contribution in [3.63, 3.8) is 0 Å². The third kappa shape index (κ3) is 3.05. The number of carbonyl (C=O) groups is 2. The van der Waals surface area contributed by atoms with Gasteiger partial charge in [-0.3, -0.25) is 9.59 Å². The van der Waals surface area contributed by atoms with E-state index in [0.717, 1.165) is 9.80 Å². The Morgan fingerprint density at radius 3 is 2.44 bits per heavy atom. The van der Waals surface area contributed by atoms with E-state index in [-0.39, 0.29) is 17.1 Å². The van der Waals surface area contributed by atoms with Crippen molar-refractivity contribution in [2.24, 2.45) is 0 Å². The Morgan fingerprint density at radius 2 is 1.82 bits per heavy atom. The molecule has 160 valence electrons. The number of hydrogen-bond acceptors (Lipinski definition) is 6. The molecule has 4 rings (SSSR count). The van der Waals surface area contributed by atoms with Crippen LogP contribution in [0.1, 0.15) is 26.3 Å². The van der Waals surface area contributed by atoms with Crippen LogP contribution in [0.3, 0.4) is 0 Å². The highest BCUT2D eigenvalue weighted by Crippen LogP contribution is 2.42. The molecule has 2 aromatic heterocycles. The van der Waals surface area contributed by atoms with Crippen LogP contribution < -0.4 is 10.6 Å². The van der Waals surface area contributed by atoms with E-state index < -0.39 is 28.0 Å². The molecule has 2 amide bonds. The Labute approximate surface area is 201 Å². The lowest BCUT2D eigenvalue weighted by Crippen LogP contribution is -2.85. The van der Waals surface area contributed by atoms with E-state index in [2.05, 4.69) is 16.2 Å². The zero-order chi connectivity index (χ0) is 25.2. The molecule has 13 heteroatoms. The maximum atomic E-state index is 13.6. The Bertz CT molecular complexity index is 1390. The number of rotatable bonds is 2. The van der Waals surface area contributed by atoms with Gasteiger partial charge in [0.2, 0.25) is 5.91 Å². The first kappa shape index (κ1) is 23.5. The van der Waals surface area contributed by atoms with Crippen molar-refractivity contribution in [3.05, 3.63) is 42.2 Å². The lowest BCUT2D eigenvalue weighted by molar-refractivity contribution is -0.150. The van der Waals surface area contributed by atoms with Crippen LogP contribution in [0.4, 0.5) is 11.5 Å². The van der Waals surface area contributed by atoms with E-state index in [1.807, 2.05) is 0 Å². The van der Waals surface area contributed by atoms with Gasteiger partial charge >= 0.3 is 0 Å². The summed E-state index contributed by atoms with van der Waals surface area (Å²) in [7, 11) is 25.3. The molecule has 2 N–H and O–H groups in total. The van der Waals surface area contributed by atoms with Gasteiger partial charge in [0, 0.05) is 18.2 Å². The molecule has 0 unspecified atom stereocenters. The monoisotopic (exact) mass is 443 g/mol. The number of nitriles is 1. The van der Waals surface area contributed by atoms with Gasteiger partial charge in [-0.1, -0.05) is 12.1 Å². The number of benzene rings is 1. The number of nitrogens with zero attached hydrogens (tertiary/aromatic N) is 6. The summed E-state index contributed by atoms with van der Waals surface area (Å²) in [5, 5.41) is 9.48. The first-order valence-electron chi connectivity index (χ1n) is 10.2. The lowest BCUT2D eigenvalue weighted by Gasteiger charge is -2.65. The average Bonchev–Trinajstić information content (AvgIpc) is 3.12. The Balaban J connectivity index is 1.91. The van der Waals surface area contributed by atoms with Gasteiger partial charge in [0.05, 0.1) is 42.6 Å². The molecule has 8 radical (unpaired) electrons. The Kier molecular flexibility index (Phi) is 5.12. The van der Waals surface area contributed by atoms with Crippen molar-refractivity contribution in [1.29, 1.82) is 5.26 Å². The van der Waals surface area contributed by atoms with Crippen LogP contribution in [0.15, 0.2) is 36.7 Å². The Hall–Kier alpha value is -3.67. The number of carbonyl (C=O) groups excluding carboxylic acids is 2. The van der Waals surface area contributed by atoms with Gasteiger partial charge in [-0.2, -0.15) is 10.4 Å². The van der Waals surface area contributed by atoms with Gasteiger partial charge in [-0.25, -0.2) is 9.50 Å². The Morgan fingerprint density at radius 1 is 1.15 bits per heavy atom. The van der Waals surface area contributed by atoms with Gasteiger partial charge < -0.3 is 15.5 Å². The molecule has 1 saturated heterocycles. The number of aromatic nitrogens is 3. The normalized spacial score (nSPS) is 18.6. The van der Waals surface area contributed by atoms with Gasteiger partial charge in [0.25, 0.3) is 5.91 Å². The fourth-order valence-electron chi connectivity index (χ4n) is 4.51. The summed E-state index contributed by atoms with van der Waals surface area (Å²) in [5.41, 5.74) is 6.50. The van der Waals surface area contributed by atoms with Crippen molar-refractivity contribution in [2.75, 3.05) is 10.6 Å². The molecule has 1 fully saturated rings. The highest BCUT2D eigenvalue weighted by Gasteiger charge is 2.59. The number of piperazine rings is 1. The first-order chi connectivity index (χ1) is 15.8. The number of hydrogen-bond donors (Lipinski definition) is 1. The molecule has 0 atom stereocenters. The quantitative estimate of drug-likeness (QED) is 0.549. The maximum absolute atomic E-state index is 13.6. The minimum atomic E-state index is -2.17. The summed E-state index contributed by atoms with van der Waals surface area (Å²) in [6.45, 7) is 4.25. The van der Waals surface area contributed by atoms with E-state index in [1.54, 1.807) is 30.3 Å². The number of amides is 2. The standard InChI is InChI=1S/C21H17B4N7O2/c1-11(33)32-19(2,3)18(34)30(20(22,23)21(32,24)25)14-6-4-5-12(7-14)15-8-13(9-26)16-17(27)28-10-29-31(15)16/h4-8,10H,1-3H3,(H2,27,28,29). The average molecular weight is 443 g/mol. The number of anilines is 2. The third-order valence-electron chi connectivity index (χ3n) is 6.09. The van der Waals surface area contributed by atoms with Crippen molar-refractivity contribution >= 4 is 60.2 Å². The second-order valence-electron chi connectivity index (χ2n) is 8.72. The SMILES string of the molecule is [B]C1([B])N(c2cccc(-c3cc(C#N)c4c(N)ncnn34)c2)C(=O)C(C)(C)N(C(C)=O)C1([B])[B]. The highest BCUT2D eigenvalue weighted by molar-refractivity contribution is 6.58. The first-order valence-corrected chi connectivity index (χ1v) is 10.2. The molecule has 3 aromatic rings. The smallest absolute Gasteiger partial charge is 0.251 e. The molecule has 0 saturated carbocycles. The van der Waals surface area contributed by atoms with Crippen molar-refractivity contribution in [3.8, 4) is 17.3 Å². The largest absolute Gasteiger partial charge is 0.382 e. The van der Waals surface area contributed by atoms with Gasteiger partial charge in [-0.05, 0) is 42.7 Å². The second-order valence-corrected chi connectivity index (χ2v) is 8.72. The minimum absolute atomic E-state index is 0.144. The van der Waals surface area contributed by atoms with Gasteiger partial charge in [0.1, 0.15) is 23.5 Å². The summed E-state index contributed by atoms with van der Waals surface area (Å²) in [6.07, 6.45) is 1.27. The molecule has 0 aliphatic carbocycles. The van der Waals surface area contributed by atoms with E-state index in [4.69, 9.17) is 37.1 Å². The van der Waals surface area contributed by atoms with Crippen LogP contribution in [0.2, 0.25) is 0 Å². The fourth-order valence-corrected chi connectivity index (χ4v) is 4.51. The predicted octanol–water partition coefficient (Wildman–Crippen LogP) is -0.195. The van der Waals surface area contributed by atoms with Crippen molar-refractivity contribution in [2.45, 2.75) is 37.0 Å². The number of nitrogens with two attached hydrogens (primary N) is 1. The van der Waals surface area contributed by atoms with E-state index >= 15 is 0 Å². The van der Waals surface area contributed by atoms with Gasteiger partial charge in [-0.15, -0.1) is 0 Å². The predicted molar refractivity (Wildman–Crippen MR) is 130 cm³/mol. The van der Waals surface area contributed by atoms with Gasteiger partial charge in [0.15, 0.2) is 5.82 Å². The van der Waals surface area contributed by atoms with E-state index in [9.17, 15) is 14.9 Å². The van der Waals surface area contributed by atoms with Crippen LogP contribution in [0.5, 0.6) is 0 Å². The summed E-state index contributed by atoms with van der Waals surface area (Å²) >= 11 is 0. The van der Waals surface area contributed by atoms with Crippen LogP contribution in [-0.4, -0.2) is 78.9 Å². The minimum Gasteiger partial charge on any atom is -0.382 e. The molecular weight excluding hydrogens is 426 g/mol. The van der Waals surface area contributed by atoms with Crippen LogP contribution in [0.25, 0.3) is 16.8 Å². The molecule has 3 heterocycles. The molecule has 1 aromatic carbocycles. The molecule has 34 heavy (non-hydrogen) atoms. The van der Waals surface area contributed by atoms with E-state index in [1.165, 1.54) is 31.6 Å². The topological polar surface area (TPSA) is 121 Å². The number of fused-ring (bicyclic) bond motifs is 1. The van der Waals surface area contributed by atoms with Crippen molar-refractivity contribution in [1.82, 2.24) is 19.5 Å². The molecular formula is C21H17B4N7O2. The lowest BCUT2D eigenvalue weighted by atomic mass is 9.35. The third-order valence-corrected chi connectivity index (χ3v) is 6.09. The zero-order valence-electron chi connectivity index (χ0n) is 18.9. The molecule has 1 aliphatic rings. The molecule has 9 nitrogen and oxygen atoms in total. The summed E-state index contributed by atoms with van der Waals surface area (Å²) < 4.78 is 1.48. The van der Waals surface area contributed by atoms with Crippen LogP contribution in [0, 0.1) is 11.3 Å². The summed E-state index contributed by atoms with van der Waals surface area (Å²) in [6, 6.07) is 10.3. The second kappa shape index (κ2) is 7.42. The molecule has 1 aliphatic heterocycles. The van der Waals surface area contributed by atoms with Crippen molar-refractivity contribution < 1.29 is 9.59 Å².